The molecule has 0 spiro atoms. The zero-order chi connectivity index (χ0) is 19.2. The van der Waals surface area contributed by atoms with Gasteiger partial charge in [0.15, 0.2) is 0 Å². The third-order valence-corrected chi connectivity index (χ3v) is 4.78. The van der Waals surface area contributed by atoms with Gasteiger partial charge in [0.25, 0.3) is 0 Å². The molecule has 0 atom stereocenters. The van der Waals surface area contributed by atoms with Crippen LogP contribution in [0.5, 0.6) is 0 Å². The first-order valence-corrected chi connectivity index (χ1v) is 9.36. The number of allylic oxidation sites excluding steroid dienone is 7. The van der Waals surface area contributed by atoms with Crippen molar-refractivity contribution in [3.8, 4) is 0 Å². The van der Waals surface area contributed by atoms with Crippen LogP contribution in [0.2, 0.25) is 0 Å². The summed E-state index contributed by atoms with van der Waals surface area (Å²) in [5, 5.41) is 2.52. The van der Waals surface area contributed by atoms with Crippen LogP contribution >= 0.6 is 0 Å². The molecule has 0 aliphatic carbocycles. The van der Waals surface area contributed by atoms with Crippen LogP contribution in [-0.2, 0) is 0 Å². The Hall–Kier alpha value is -3.12. The summed E-state index contributed by atoms with van der Waals surface area (Å²) in [5.74, 6) is 0. The average Bonchev–Trinajstić information content (AvgIpc) is 2.69. The third kappa shape index (κ3) is 4.35. The fourth-order valence-electron chi connectivity index (χ4n) is 3.51. The van der Waals surface area contributed by atoms with E-state index in [1.807, 2.05) is 6.07 Å². The molecular formula is C27H26. The molecule has 0 heterocycles. The fraction of sp³-hybridized carbons (Fsp3) is 0.111. The Kier molecular flexibility index (Phi) is 5.88. The van der Waals surface area contributed by atoms with Crippen LogP contribution in [-0.4, -0.2) is 0 Å². The van der Waals surface area contributed by atoms with Crippen LogP contribution in [0.15, 0.2) is 109 Å². The summed E-state index contributed by atoms with van der Waals surface area (Å²) in [6.07, 6.45) is 6.45. The van der Waals surface area contributed by atoms with Gasteiger partial charge in [-0.15, -0.1) is 0 Å². The molecule has 0 nitrogen and oxygen atoms in total. The van der Waals surface area contributed by atoms with E-state index in [9.17, 15) is 0 Å². The Labute approximate surface area is 162 Å². The van der Waals surface area contributed by atoms with E-state index in [1.165, 1.54) is 33.1 Å². The molecule has 0 amide bonds. The fourth-order valence-corrected chi connectivity index (χ4v) is 3.51. The molecule has 0 heteroatoms. The normalized spacial score (nSPS) is 13.1. The van der Waals surface area contributed by atoms with Crippen molar-refractivity contribution in [2.24, 2.45) is 0 Å². The first kappa shape index (κ1) is 18.7. The van der Waals surface area contributed by atoms with E-state index in [-0.39, 0.29) is 0 Å². The van der Waals surface area contributed by atoms with Crippen molar-refractivity contribution in [3.05, 3.63) is 120 Å². The van der Waals surface area contributed by atoms with Gasteiger partial charge in [0.05, 0.1) is 0 Å². The van der Waals surface area contributed by atoms with Crippen molar-refractivity contribution in [2.75, 3.05) is 0 Å². The van der Waals surface area contributed by atoms with Crippen LogP contribution in [0.25, 0.3) is 21.9 Å². The lowest BCUT2D eigenvalue weighted by atomic mass is 9.90. The van der Waals surface area contributed by atoms with Gasteiger partial charge in [-0.1, -0.05) is 91.5 Å². The Morgan fingerprint density at radius 2 is 1.44 bits per heavy atom. The van der Waals surface area contributed by atoms with Gasteiger partial charge in [-0.05, 0) is 71.0 Å². The molecule has 0 saturated heterocycles. The van der Waals surface area contributed by atoms with E-state index in [2.05, 4.69) is 112 Å². The van der Waals surface area contributed by atoms with Crippen LogP contribution < -0.4 is 0 Å². The maximum atomic E-state index is 4.28. The number of fused-ring (bicyclic) bond motifs is 1. The molecule has 0 saturated carbocycles. The molecule has 134 valence electrons. The quantitative estimate of drug-likeness (QED) is 0.411. The lowest BCUT2D eigenvalue weighted by Crippen LogP contribution is -1.92. The lowest BCUT2D eigenvalue weighted by Gasteiger charge is -2.14. The Bertz CT molecular complexity index is 1040. The highest BCUT2D eigenvalue weighted by Gasteiger charge is 2.09. The summed E-state index contributed by atoms with van der Waals surface area (Å²) in [5.41, 5.74) is 7.14. The molecule has 0 N–H and O–H groups in total. The van der Waals surface area contributed by atoms with Gasteiger partial charge >= 0.3 is 0 Å². The standard InChI is InChI=1S/C27H26/c1-5-11-20(2)27(22(4)18-21(3)23-12-7-6-8-13-23)26-17-16-24-14-9-10-15-25(24)19-26/h5-19H,3H2,1-2,4H3/b11-5-,22-18+,27-20-. The van der Waals surface area contributed by atoms with E-state index in [4.69, 9.17) is 0 Å². The van der Waals surface area contributed by atoms with Crippen LogP contribution in [0.1, 0.15) is 31.9 Å². The molecule has 0 aliphatic rings. The maximum absolute atomic E-state index is 4.28. The number of benzene rings is 3. The Morgan fingerprint density at radius 3 is 2.15 bits per heavy atom. The van der Waals surface area contributed by atoms with Gasteiger partial charge in [-0.3, -0.25) is 0 Å². The van der Waals surface area contributed by atoms with Crippen LogP contribution in [0.3, 0.4) is 0 Å². The van der Waals surface area contributed by atoms with E-state index in [0.717, 1.165) is 11.1 Å². The zero-order valence-electron chi connectivity index (χ0n) is 16.4. The lowest BCUT2D eigenvalue weighted by molar-refractivity contribution is 1.42. The van der Waals surface area contributed by atoms with Crippen LogP contribution in [0, 0.1) is 0 Å². The van der Waals surface area contributed by atoms with Gasteiger partial charge in [0, 0.05) is 0 Å². The van der Waals surface area contributed by atoms with Gasteiger partial charge in [0.1, 0.15) is 0 Å². The minimum absolute atomic E-state index is 1.03. The molecule has 3 aromatic rings. The predicted molar refractivity (Wildman–Crippen MR) is 121 cm³/mol. The molecule has 27 heavy (non-hydrogen) atoms. The van der Waals surface area contributed by atoms with Gasteiger partial charge in [-0.25, -0.2) is 0 Å². The first-order chi connectivity index (χ1) is 13.1. The zero-order valence-corrected chi connectivity index (χ0v) is 16.4. The van der Waals surface area contributed by atoms with Gasteiger partial charge < -0.3 is 0 Å². The topological polar surface area (TPSA) is 0 Å². The second-order valence-corrected chi connectivity index (χ2v) is 6.84. The number of rotatable bonds is 5. The number of hydrogen-bond donors (Lipinski definition) is 0. The summed E-state index contributed by atoms with van der Waals surface area (Å²) in [4.78, 5) is 0. The summed E-state index contributed by atoms with van der Waals surface area (Å²) in [6, 6.07) is 25.5. The van der Waals surface area contributed by atoms with Crippen molar-refractivity contribution in [1.29, 1.82) is 0 Å². The third-order valence-electron chi connectivity index (χ3n) is 4.78. The van der Waals surface area contributed by atoms with E-state index in [1.54, 1.807) is 0 Å². The summed E-state index contributed by atoms with van der Waals surface area (Å²) in [6.45, 7) is 10.7. The monoisotopic (exact) mass is 350 g/mol. The minimum Gasteiger partial charge on any atom is -0.0911 e. The van der Waals surface area contributed by atoms with Crippen molar-refractivity contribution < 1.29 is 0 Å². The first-order valence-electron chi connectivity index (χ1n) is 9.36. The molecule has 0 bridgehead atoms. The smallest absolute Gasteiger partial charge is 0.0125 e. The highest BCUT2D eigenvalue weighted by Crippen LogP contribution is 2.31. The molecular weight excluding hydrogens is 324 g/mol. The Morgan fingerprint density at radius 1 is 0.778 bits per heavy atom. The maximum Gasteiger partial charge on any atom is -0.0125 e. The van der Waals surface area contributed by atoms with Gasteiger partial charge in [-0.2, -0.15) is 0 Å². The second-order valence-electron chi connectivity index (χ2n) is 6.84. The van der Waals surface area contributed by atoms with E-state index >= 15 is 0 Å². The van der Waals surface area contributed by atoms with Crippen molar-refractivity contribution in [2.45, 2.75) is 20.8 Å². The minimum atomic E-state index is 1.03. The molecule has 0 aromatic heterocycles. The second kappa shape index (κ2) is 8.51. The average molecular weight is 351 g/mol. The van der Waals surface area contributed by atoms with Crippen molar-refractivity contribution in [1.82, 2.24) is 0 Å². The summed E-state index contributed by atoms with van der Waals surface area (Å²) >= 11 is 0. The largest absolute Gasteiger partial charge is 0.0911 e. The van der Waals surface area contributed by atoms with Crippen molar-refractivity contribution in [3.63, 3.8) is 0 Å². The van der Waals surface area contributed by atoms with E-state index < -0.39 is 0 Å². The van der Waals surface area contributed by atoms with Crippen molar-refractivity contribution >= 4 is 21.9 Å². The predicted octanol–water partition coefficient (Wildman–Crippen LogP) is 7.85. The highest BCUT2D eigenvalue weighted by atomic mass is 14.1. The van der Waals surface area contributed by atoms with E-state index in [0.29, 0.717) is 0 Å². The molecule has 3 aromatic carbocycles. The highest BCUT2D eigenvalue weighted by molar-refractivity contribution is 5.92. The summed E-state index contributed by atoms with van der Waals surface area (Å²) in [7, 11) is 0. The Balaban J connectivity index is 2.09. The van der Waals surface area contributed by atoms with Gasteiger partial charge in [0.2, 0.25) is 0 Å². The number of hydrogen-bond acceptors (Lipinski definition) is 0. The molecule has 0 radical (unpaired) electrons. The molecule has 3 rings (SSSR count). The summed E-state index contributed by atoms with van der Waals surface area (Å²) < 4.78 is 0. The molecule has 0 aliphatic heterocycles. The molecule has 0 unspecified atom stereocenters. The molecule has 0 fully saturated rings. The SMILES string of the molecule is C=C(/C=C(C)/C(=C(C)/C=C\C)c1ccc2ccccc2c1)c1ccccc1. The van der Waals surface area contributed by atoms with Crippen LogP contribution in [0.4, 0.5) is 0 Å².